The molecule has 0 amide bonds. The number of Topliss-reactive ketones (excluding diaryl/α,β-unsaturated/α-hetero) is 1. The standard InChI is InChI=1S/C24H36N2O3/c1-15-12-18-19-4-5-21(27)22(19,2)9-7-20(18)23(3)10-6-16(13-24(15,23)28)26-29-17-8-11-25-14-17/h17-20,25,28H,1,4-14H2,2-3H3/b26-16+/t17?,18?,19?,20?,22-,23?,24-/m0/s1. The molecule has 1 saturated heterocycles. The van der Waals surface area contributed by atoms with Gasteiger partial charge in [-0.2, -0.15) is 0 Å². The van der Waals surface area contributed by atoms with Crippen LogP contribution in [0.1, 0.15) is 71.6 Å². The van der Waals surface area contributed by atoms with Gasteiger partial charge in [0, 0.05) is 36.6 Å². The van der Waals surface area contributed by atoms with Gasteiger partial charge in [-0.3, -0.25) is 4.79 Å². The molecule has 0 radical (unpaired) electrons. The molecule has 5 nitrogen and oxygen atoms in total. The van der Waals surface area contributed by atoms with Crippen LogP contribution in [-0.4, -0.2) is 41.4 Å². The van der Waals surface area contributed by atoms with E-state index in [1.54, 1.807) is 0 Å². The van der Waals surface area contributed by atoms with E-state index in [0.29, 0.717) is 30.0 Å². The Morgan fingerprint density at radius 3 is 2.76 bits per heavy atom. The molecule has 1 heterocycles. The molecule has 0 bridgehead atoms. The molecule has 5 heteroatoms. The van der Waals surface area contributed by atoms with Gasteiger partial charge in [-0.25, -0.2) is 0 Å². The molecule has 2 N–H and O–H groups in total. The number of rotatable bonds is 2. The monoisotopic (exact) mass is 400 g/mol. The third-order valence-corrected chi connectivity index (χ3v) is 9.72. The number of fused-ring (bicyclic) bond motifs is 5. The molecule has 5 rings (SSSR count). The maximum Gasteiger partial charge on any atom is 0.141 e. The lowest BCUT2D eigenvalue weighted by Gasteiger charge is -2.63. The first kappa shape index (κ1) is 19.7. The summed E-state index contributed by atoms with van der Waals surface area (Å²) in [7, 11) is 0. The first-order valence-corrected chi connectivity index (χ1v) is 11.6. The fraction of sp³-hybridized carbons (Fsp3) is 0.833. The van der Waals surface area contributed by atoms with Crippen molar-refractivity contribution in [3.05, 3.63) is 12.2 Å². The number of carbonyl (C=O) groups excluding carboxylic acids is 1. The van der Waals surface area contributed by atoms with Crippen molar-refractivity contribution in [1.29, 1.82) is 0 Å². The predicted octanol–water partition coefficient (Wildman–Crippen LogP) is 3.61. The van der Waals surface area contributed by atoms with Gasteiger partial charge in [0.2, 0.25) is 0 Å². The third kappa shape index (κ3) is 2.72. The molecular formula is C24H36N2O3. The van der Waals surface area contributed by atoms with Gasteiger partial charge in [0.1, 0.15) is 11.9 Å². The zero-order chi connectivity index (χ0) is 20.4. The first-order valence-electron chi connectivity index (χ1n) is 11.6. The minimum Gasteiger partial charge on any atom is -0.391 e. The second-order valence-corrected chi connectivity index (χ2v) is 10.9. The van der Waals surface area contributed by atoms with Crippen LogP contribution in [0.2, 0.25) is 0 Å². The molecule has 0 aromatic rings. The summed E-state index contributed by atoms with van der Waals surface area (Å²) >= 11 is 0. The highest BCUT2D eigenvalue weighted by molar-refractivity contribution is 5.88. The minimum absolute atomic E-state index is 0.141. The Morgan fingerprint density at radius 1 is 1.17 bits per heavy atom. The number of hydrogen-bond acceptors (Lipinski definition) is 5. The molecule has 1 aliphatic heterocycles. The average molecular weight is 401 g/mol. The lowest BCUT2D eigenvalue weighted by molar-refractivity contribution is -0.161. The zero-order valence-electron chi connectivity index (χ0n) is 18.0. The van der Waals surface area contributed by atoms with E-state index < -0.39 is 5.60 Å². The van der Waals surface area contributed by atoms with E-state index in [2.05, 4.69) is 30.9 Å². The fourth-order valence-electron chi connectivity index (χ4n) is 7.75. The third-order valence-electron chi connectivity index (χ3n) is 9.72. The van der Waals surface area contributed by atoms with Crippen LogP contribution < -0.4 is 5.32 Å². The van der Waals surface area contributed by atoms with E-state index in [1.165, 1.54) is 0 Å². The van der Waals surface area contributed by atoms with Crippen molar-refractivity contribution >= 4 is 11.5 Å². The average Bonchev–Trinajstić information content (AvgIpc) is 3.31. The lowest BCUT2D eigenvalue weighted by atomic mass is 9.43. The summed E-state index contributed by atoms with van der Waals surface area (Å²) in [6, 6.07) is 0. The molecule has 0 aromatic carbocycles. The minimum atomic E-state index is -0.904. The molecule has 0 spiro atoms. The van der Waals surface area contributed by atoms with Gasteiger partial charge >= 0.3 is 0 Å². The number of hydrogen-bond donors (Lipinski definition) is 2. The normalized spacial score (nSPS) is 50.9. The topological polar surface area (TPSA) is 70.9 Å². The van der Waals surface area contributed by atoms with Gasteiger partial charge in [0.15, 0.2) is 0 Å². The summed E-state index contributed by atoms with van der Waals surface area (Å²) in [6.07, 6.45) is 8.14. The van der Waals surface area contributed by atoms with Crippen LogP contribution in [0.15, 0.2) is 17.3 Å². The molecule has 4 aliphatic carbocycles. The Bertz CT molecular complexity index is 757. The molecule has 0 aromatic heterocycles. The Balaban J connectivity index is 1.40. The largest absolute Gasteiger partial charge is 0.391 e. The van der Waals surface area contributed by atoms with Gasteiger partial charge < -0.3 is 15.3 Å². The molecule has 160 valence electrons. The van der Waals surface area contributed by atoms with E-state index in [4.69, 9.17) is 4.84 Å². The van der Waals surface area contributed by atoms with Crippen LogP contribution in [0.4, 0.5) is 0 Å². The summed E-state index contributed by atoms with van der Waals surface area (Å²) in [4.78, 5) is 18.4. The summed E-state index contributed by atoms with van der Waals surface area (Å²) in [5.74, 6) is 1.87. The van der Waals surface area contributed by atoms with Crippen molar-refractivity contribution in [2.75, 3.05) is 13.1 Å². The highest BCUT2D eigenvalue weighted by Crippen LogP contribution is 2.67. The predicted molar refractivity (Wildman–Crippen MR) is 113 cm³/mol. The van der Waals surface area contributed by atoms with Crippen molar-refractivity contribution < 1.29 is 14.7 Å². The number of carbonyl (C=O) groups is 1. The molecule has 5 unspecified atom stereocenters. The van der Waals surface area contributed by atoms with Crippen molar-refractivity contribution in [2.45, 2.75) is 83.3 Å². The van der Waals surface area contributed by atoms with E-state index in [1.807, 2.05) is 0 Å². The van der Waals surface area contributed by atoms with Crippen LogP contribution >= 0.6 is 0 Å². The van der Waals surface area contributed by atoms with Gasteiger partial charge in [0.05, 0.1) is 11.3 Å². The Kier molecular flexibility index (Phi) is 4.53. The maximum absolute atomic E-state index is 12.6. The second kappa shape index (κ2) is 6.65. The number of nitrogens with zero attached hydrogens (tertiary/aromatic N) is 1. The molecule has 7 atom stereocenters. The Morgan fingerprint density at radius 2 is 2.00 bits per heavy atom. The van der Waals surface area contributed by atoms with Gasteiger partial charge in [-0.1, -0.05) is 25.6 Å². The molecule has 5 fully saturated rings. The van der Waals surface area contributed by atoms with Crippen LogP contribution in [0, 0.1) is 28.6 Å². The molecule has 29 heavy (non-hydrogen) atoms. The maximum atomic E-state index is 12.6. The van der Waals surface area contributed by atoms with Crippen LogP contribution in [-0.2, 0) is 9.63 Å². The molecule has 5 aliphatic rings. The van der Waals surface area contributed by atoms with E-state index in [9.17, 15) is 9.90 Å². The number of nitrogens with one attached hydrogen (secondary N) is 1. The fourth-order valence-corrected chi connectivity index (χ4v) is 7.75. The highest BCUT2D eigenvalue weighted by Gasteiger charge is 2.65. The van der Waals surface area contributed by atoms with Crippen LogP contribution in [0.25, 0.3) is 0 Å². The van der Waals surface area contributed by atoms with E-state index in [-0.39, 0.29) is 16.9 Å². The van der Waals surface area contributed by atoms with Crippen molar-refractivity contribution in [1.82, 2.24) is 5.32 Å². The van der Waals surface area contributed by atoms with Gasteiger partial charge in [-0.05, 0) is 68.4 Å². The summed E-state index contributed by atoms with van der Waals surface area (Å²) < 4.78 is 0. The summed E-state index contributed by atoms with van der Waals surface area (Å²) in [6.45, 7) is 10.7. The number of oxime groups is 1. The van der Waals surface area contributed by atoms with E-state index >= 15 is 0 Å². The molecular weight excluding hydrogens is 364 g/mol. The summed E-state index contributed by atoms with van der Waals surface area (Å²) in [5, 5.41) is 19.7. The Hall–Kier alpha value is -1.20. The number of ketones is 1. The van der Waals surface area contributed by atoms with Crippen molar-refractivity contribution in [3.63, 3.8) is 0 Å². The summed E-state index contributed by atoms with van der Waals surface area (Å²) in [5.41, 5.74) is 0.706. The van der Waals surface area contributed by atoms with Crippen LogP contribution in [0.5, 0.6) is 0 Å². The number of aliphatic hydroxyl groups is 1. The van der Waals surface area contributed by atoms with Crippen LogP contribution in [0.3, 0.4) is 0 Å². The smallest absolute Gasteiger partial charge is 0.141 e. The Labute approximate surface area is 174 Å². The zero-order valence-corrected chi connectivity index (χ0v) is 18.0. The van der Waals surface area contributed by atoms with Gasteiger partial charge in [-0.15, -0.1) is 0 Å². The van der Waals surface area contributed by atoms with Gasteiger partial charge in [0.25, 0.3) is 0 Å². The van der Waals surface area contributed by atoms with Crippen molar-refractivity contribution in [3.8, 4) is 0 Å². The quantitative estimate of drug-likeness (QED) is 0.549. The van der Waals surface area contributed by atoms with Crippen molar-refractivity contribution in [2.24, 2.45) is 33.7 Å². The first-order chi connectivity index (χ1) is 13.8. The lowest BCUT2D eigenvalue weighted by Crippen LogP contribution is -2.63. The highest BCUT2D eigenvalue weighted by atomic mass is 16.6. The second-order valence-electron chi connectivity index (χ2n) is 10.9. The molecule has 4 saturated carbocycles. The van der Waals surface area contributed by atoms with E-state index in [0.717, 1.165) is 75.7 Å². The SMILES string of the molecule is C=C1CC2C(CC[C@]3(C)C(=O)CCC23)C2(C)CC/C(=N\OC3CCNC3)C[C@]12O.